The zero-order valence-corrected chi connectivity index (χ0v) is 18.0. The van der Waals surface area contributed by atoms with Gasteiger partial charge in [0.1, 0.15) is 18.4 Å². The third-order valence-electron chi connectivity index (χ3n) is 6.02. The number of carbonyl (C=O) groups is 3. The van der Waals surface area contributed by atoms with Gasteiger partial charge in [-0.15, -0.1) is 0 Å². The van der Waals surface area contributed by atoms with Crippen molar-refractivity contribution in [3.63, 3.8) is 0 Å². The first-order valence-corrected chi connectivity index (χ1v) is 11.0. The van der Waals surface area contributed by atoms with Gasteiger partial charge < -0.3 is 14.4 Å². The Balaban J connectivity index is 1.36. The van der Waals surface area contributed by atoms with Gasteiger partial charge in [0.05, 0.1) is 23.9 Å². The topological polar surface area (TPSA) is 88.2 Å². The van der Waals surface area contributed by atoms with Gasteiger partial charge in [-0.05, 0) is 29.7 Å². The first-order valence-electron chi connectivity index (χ1n) is 13.0. The Morgan fingerprint density at radius 3 is 2.73 bits per heavy atom. The molecule has 3 amide bonds. The number of nitrogens with zero attached hydrogens (tertiary/aromatic N) is 2. The van der Waals surface area contributed by atoms with Crippen LogP contribution in [-0.4, -0.2) is 59.9 Å². The molecule has 3 aliphatic heterocycles. The van der Waals surface area contributed by atoms with Crippen LogP contribution in [0.2, 0.25) is 0 Å². The molecular formula is C25H27N3O5. The summed E-state index contributed by atoms with van der Waals surface area (Å²) < 4.78 is 45.2. The number of morpholine rings is 1. The van der Waals surface area contributed by atoms with Gasteiger partial charge in [0.15, 0.2) is 0 Å². The van der Waals surface area contributed by atoms with Crippen LogP contribution < -0.4 is 10.1 Å². The van der Waals surface area contributed by atoms with Gasteiger partial charge in [-0.2, -0.15) is 0 Å². The number of hydrogen-bond donors (Lipinski definition) is 1. The number of amides is 3. The van der Waals surface area contributed by atoms with Gasteiger partial charge in [-0.1, -0.05) is 30.3 Å². The van der Waals surface area contributed by atoms with Crippen molar-refractivity contribution in [1.29, 1.82) is 0 Å². The van der Waals surface area contributed by atoms with E-state index in [4.69, 9.17) is 15.0 Å². The highest BCUT2D eigenvalue weighted by Gasteiger charge is 2.40. The van der Waals surface area contributed by atoms with Crippen molar-refractivity contribution >= 4 is 17.7 Å². The predicted octanol–water partition coefficient (Wildman–Crippen LogP) is 1.86. The number of imide groups is 1. The van der Waals surface area contributed by atoms with Crippen LogP contribution in [0.15, 0.2) is 42.4 Å². The first kappa shape index (κ1) is 17.3. The molecule has 2 atom stereocenters. The second-order valence-corrected chi connectivity index (χ2v) is 8.20. The minimum Gasteiger partial charge on any atom is -0.489 e. The molecule has 0 spiro atoms. The number of piperidine rings is 1. The Morgan fingerprint density at radius 2 is 1.94 bits per heavy atom. The fourth-order valence-corrected chi connectivity index (χ4v) is 4.26. The molecule has 0 radical (unpaired) electrons. The molecule has 3 aliphatic rings. The molecule has 5 rings (SSSR count). The molecule has 2 unspecified atom stereocenters. The average Bonchev–Trinajstić information content (AvgIpc) is 3.21. The van der Waals surface area contributed by atoms with Crippen LogP contribution in [0.25, 0.3) is 0 Å². The summed E-state index contributed by atoms with van der Waals surface area (Å²) in [5.41, 5.74) is 1.33. The Morgan fingerprint density at radius 1 is 1.12 bits per heavy atom. The van der Waals surface area contributed by atoms with E-state index in [1.165, 1.54) is 17.0 Å². The van der Waals surface area contributed by atoms with Crippen molar-refractivity contribution in [3.05, 3.63) is 64.7 Å². The highest BCUT2D eigenvalue weighted by molar-refractivity contribution is 6.05. The van der Waals surface area contributed by atoms with E-state index in [-0.39, 0.29) is 48.6 Å². The molecule has 0 saturated carbocycles. The lowest BCUT2D eigenvalue weighted by Crippen LogP contribution is -2.52. The van der Waals surface area contributed by atoms with E-state index in [2.05, 4.69) is 5.32 Å². The number of ether oxygens (including phenoxy) is 2. The maximum atomic E-state index is 13.0. The van der Waals surface area contributed by atoms with Crippen molar-refractivity contribution < 1.29 is 29.3 Å². The second kappa shape index (κ2) is 9.33. The third-order valence-corrected chi connectivity index (χ3v) is 6.02. The number of nitrogens with one attached hydrogen (secondary N) is 1. The van der Waals surface area contributed by atoms with E-state index in [1.54, 1.807) is 24.3 Å². The molecule has 8 nitrogen and oxygen atoms in total. The van der Waals surface area contributed by atoms with Crippen LogP contribution in [0.1, 0.15) is 45.4 Å². The maximum absolute atomic E-state index is 13.0. The van der Waals surface area contributed by atoms with Crippen molar-refractivity contribution in [2.45, 2.75) is 38.5 Å². The highest BCUT2D eigenvalue weighted by Crippen LogP contribution is 2.34. The minimum absolute atomic E-state index is 0.00520. The zero-order valence-electron chi connectivity index (χ0n) is 22.0. The number of benzene rings is 2. The molecule has 33 heavy (non-hydrogen) atoms. The van der Waals surface area contributed by atoms with Crippen molar-refractivity contribution in [2.75, 3.05) is 26.3 Å². The van der Waals surface area contributed by atoms with Gasteiger partial charge in [-0.25, -0.2) is 0 Å². The Bertz CT molecular complexity index is 1250. The summed E-state index contributed by atoms with van der Waals surface area (Å²) in [7, 11) is 0. The lowest BCUT2D eigenvalue weighted by molar-refractivity contribution is -0.136. The summed E-state index contributed by atoms with van der Waals surface area (Å²) in [4.78, 5) is 40.2. The monoisotopic (exact) mass is 453 g/mol. The van der Waals surface area contributed by atoms with Crippen LogP contribution in [0.5, 0.6) is 5.75 Å². The Hall–Kier alpha value is -3.23. The maximum Gasteiger partial charge on any atom is 0.255 e. The van der Waals surface area contributed by atoms with E-state index < -0.39 is 25.0 Å². The normalized spacial score (nSPS) is 24.3. The molecule has 172 valence electrons. The lowest BCUT2D eigenvalue weighted by atomic mass is 10.0. The summed E-state index contributed by atoms with van der Waals surface area (Å²) in [6, 6.07) is 8.40. The van der Waals surface area contributed by atoms with Gasteiger partial charge in [0, 0.05) is 38.5 Å². The molecule has 2 aromatic carbocycles. The predicted molar refractivity (Wildman–Crippen MR) is 119 cm³/mol. The number of rotatable bonds is 6. The summed E-state index contributed by atoms with van der Waals surface area (Å²) >= 11 is 0. The summed E-state index contributed by atoms with van der Waals surface area (Å²) in [5, 5.41) is 2.26. The SMILES string of the molecule is [2H]c1cc(C([2H])N2CCOCC2)ccc1C([2H])([2H])Oc1cccc2c1CN(C1CCC(=O)NC1=O)C2=O. The molecule has 0 aliphatic carbocycles. The van der Waals surface area contributed by atoms with Gasteiger partial charge >= 0.3 is 0 Å². The van der Waals surface area contributed by atoms with E-state index in [0.717, 1.165) is 0 Å². The number of carbonyl (C=O) groups excluding carboxylic acids is 3. The fourth-order valence-electron chi connectivity index (χ4n) is 4.26. The van der Waals surface area contributed by atoms with Crippen molar-refractivity contribution in [2.24, 2.45) is 0 Å². The third kappa shape index (κ3) is 4.62. The largest absolute Gasteiger partial charge is 0.489 e. The fraction of sp³-hybridized carbons (Fsp3) is 0.400. The number of hydrogen-bond acceptors (Lipinski definition) is 6. The standard InChI is InChI=1S/C25H27N3O5/c29-23-9-8-21(24(30)26-23)28-15-20-19(25(28)31)2-1-3-22(20)33-16-18-6-4-17(5-7-18)14-27-10-12-32-13-11-27/h1-7,21H,8-16H2,(H,26,29,30)/i6D,14D,16D2. The molecule has 1 N–H and O–H groups in total. The Kier molecular flexibility index (Phi) is 4.88. The Labute approximate surface area is 198 Å². The van der Waals surface area contributed by atoms with Gasteiger partial charge in [0.2, 0.25) is 11.8 Å². The summed E-state index contributed by atoms with van der Waals surface area (Å²) in [6.45, 7) is -0.728. The summed E-state index contributed by atoms with van der Waals surface area (Å²) in [5.74, 6) is -1.15. The van der Waals surface area contributed by atoms with E-state index in [1.807, 2.05) is 4.90 Å². The molecule has 2 aromatic rings. The molecule has 0 bridgehead atoms. The van der Waals surface area contributed by atoms with Crippen LogP contribution in [0, 0.1) is 0 Å². The second-order valence-electron chi connectivity index (χ2n) is 8.20. The highest BCUT2D eigenvalue weighted by atomic mass is 16.5. The quantitative estimate of drug-likeness (QED) is 0.672. The van der Waals surface area contributed by atoms with Crippen LogP contribution in [0.4, 0.5) is 0 Å². The zero-order chi connectivity index (χ0) is 26.3. The molecule has 0 aromatic heterocycles. The van der Waals surface area contributed by atoms with Crippen LogP contribution in [0.3, 0.4) is 0 Å². The first-order chi connectivity index (χ1) is 17.7. The van der Waals surface area contributed by atoms with Gasteiger partial charge in [0.25, 0.3) is 5.91 Å². The van der Waals surface area contributed by atoms with Crippen LogP contribution in [-0.2, 0) is 34.0 Å². The lowest BCUT2D eigenvalue weighted by Gasteiger charge is -2.29. The molecule has 3 heterocycles. The van der Waals surface area contributed by atoms with Crippen molar-refractivity contribution in [3.8, 4) is 5.75 Å². The molecule has 8 heteroatoms. The number of fused-ring (bicyclic) bond motifs is 1. The van der Waals surface area contributed by atoms with Crippen LogP contribution >= 0.6 is 0 Å². The minimum atomic E-state index is -2.40. The van der Waals surface area contributed by atoms with E-state index in [0.29, 0.717) is 43.0 Å². The van der Waals surface area contributed by atoms with Crippen molar-refractivity contribution in [1.82, 2.24) is 15.1 Å². The molecule has 2 fully saturated rings. The smallest absolute Gasteiger partial charge is 0.255 e. The molecular weight excluding hydrogens is 422 g/mol. The van der Waals surface area contributed by atoms with E-state index >= 15 is 0 Å². The van der Waals surface area contributed by atoms with Gasteiger partial charge in [-0.3, -0.25) is 24.6 Å². The molecule has 2 saturated heterocycles. The average molecular weight is 454 g/mol. The summed E-state index contributed by atoms with van der Waals surface area (Å²) in [6.07, 6.45) is 0.354. The van der Waals surface area contributed by atoms with E-state index in [9.17, 15) is 14.4 Å².